The first-order valence-electron chi connectivity index (χ1n) is 5.77. The first kappa shape index (κ1) is 11.9. The van der Waals surface area contributed by atoms with Crippen LogP contribution in [0, 0.1) is 11.3 Å². The number of hydrogen-bond donors (Lipinski definition) is 1. The molecule has 1 amide bonds. The van der Waals surface area contributed by atoms with Gasteiger partial charge in [-0.25, -0.2) is 9.97 Å². The number of carbonyl (C=O) groups excluding carboxylic acids is 1. The van der Waals surface area contributed by atoms with Crippen LogP contribution in [0.4, 0.5) is 5.69 Å². The molecule has 0 aliphatic rings. The van der Waals surface area contributed by atoms with Gasteiger partial charge in [0.2, 0.25) is 0 Å². The predicted octanol–water partition coefficient (Wildman–Crippen LogP) is 2.35. The van der Waals surface area contributed by atoms with Crippen LogP contribution < -0.4 is 5.32 Å². The highest BCUT2D eigenvalue weighted by atomic mass is 16.3. The molecule has 1 N–H and O–H groups in total. The summed E-state index contributed by atoms with van der Waals surface area (Å²) in [5, 5.41) is 11.5. The van der Waals surface area contributed by atoms with E-state index in [0.29, 0.717) is 22.4 Å². The van der Waals surface area contributed by atoms with Gasteiger partial charge in [-0.1, -0.05) is 0 Å². The monoisotopic (exact) mass is 264 g/mol. The highest BCUT2D eigenvalue weighted by Crippen LogP contribution is 2.18. The number of nitrogens with zero attached hydrogens (tertiary/aromatic N) is 3. The molecular weight excluding hydrogens is 256 g/mol. The van der Waals surface area contributed by atoms with Crippen molar-refractivity contribution in [3.8, 4) is 6.07 Å². The summed E-state index contributed by atoms with van der Waals surface area (Å²) in [6, 6.07) is 10.0. The van der Waals surface area contributed by atoms with E-state index in [1.807, 2.05) is 6.07 Å². The zero-order chi connectivity index (χ0) is 13.9. The first-order valence-corrected chi connectivity index (χ1v) is 5.77. The van der Waals surface area contributed by atoms with Gasteiger partial charge in [0.1, 0.15) is 17.3 Å². The second-order valence-corrected chi connectivity index (χ2v) is 4.03. The lowest BCUT2D eigenvalue weighted by molar-refractivity contribution is 0.102. The summed E-state index contributed by atoms with van der Waals surface area (Å²) in [4.78, 5) is 19.9. The van der Waals surface area contributed by atoms with Gasteiger partial charge < -0.3 is 9.73 Å². The minimum absolute atomic E-state index is 0.199. The van der Waals surface area contributed by atoms with Crippen molar-refractivity contribution < 1.29 is 9.21 Å². The topological polar surface area (TPSA) is 91.8 Å². The number of rotatable bonds is 2. The van der Waals surface area contributed by atoms with E-state index in [-0.39, 0.29) is 11.6 Å². The minimum atomic E-state index is -0.313. The fourth-order valence-electron chi connectivity index (χ4n) is 1.77. The number of carbonyl (C=O) groups is 1. The Morgan fingerprint density at radius 1 is 1.25 bits per heavy atom. The fourth-order valence-corrected chi connectivity index (χ4v) is 1.77. The number of hydrogen-bond acceptors (Lipinski definition) is 5. The normalized spacial score (nSPS) is 10.2. The lowest BCUT2D eigenvalue weighted by atomic mass is 10.2. The fraction of sp³-hybridized carbons (Fsp3) is 0. The van der Waals surface area contributed by atoms with Crippen LogP contribution in [0.25, 0.3) is 11.1 Å². The van der Waals surface area contributed by atoms with E-state index >= 15 is 0 Å². The molecule has 0 aliphatic heterocycles. The van der Waals surface area contributed by atoms with Gasteiger partial charge in [-0.2, -0.15) is 5.26 Å². The smallest absolute Gasteiger partial charge is 0.255 e. The third kappa shape index (κ3) is 2.20. The quantitative estimate of drug-likeness (QED) is 0.767. The number of amides is 1. The summed E-state index contributed by atoms with van der Waals surface area (Å²) in [6.45, 7) is 0. The van der Waals surface area contributed by atoms with E-state index in [4.69, 9.17) is 9.68 Å². The van der Waals surface area contributed by atoms with Crippen molar-refractivity contribution >= 4 is 22.7 Å². The van der Waals surface area contributed by atoms with Crippen molar-refractivity contribution in [1.82, 2.24) is 9.97 Å². The van der Waals surface area contributed by atoms with Gasteiger partial charge in [0, 0.05) is 17.4 Å². The van der Waals surface area contributed by atoms with Crippen LogP contribution in [0.2, 0.25) is 0 Å². The minimum Gasteiger partial charge on any atom is -0.443 e. The summed E-state index contributed by atoms with van der Waals surface area (Å²) in [5.41, 5.74) is 2.49. The van der Waals surface area contributed by atoms with Gasteiger partial charge in [0.15, 0.2) is 12.0 Å². The molecule has 0 spiro atoms. The maximum atomic E-state index is 12.1. The number of pyridine rings is 1. The summed E-state index contributed by atoms with van der Waals surface area (Å²) in [5.74, 6) is -0.313. The number of anilines is 1. The second kappa shape index (κ2) is 4.82. The molecule has 0 fully saturated rings. The Morgan fingerprint density at radius 2 is 2.15 bits per heavy atom. The van der Waals surface area contributed by atoms with E-state index in [9.17, 15) is 4.79 Å². The van der Waals surface area contributed by atoms with Crippen LogP contribution in [-0.4, -0.2) is 15.9 Å². The Bertz CT molecular complexity index is 832. The van der Waals surface area contributed by atoms with Crippen molar-refractivity contribution in [3.05, 3.63) is 54.2 Å². The molecule has 20 heavy (non-hydrogen) atoms. The summed E-state index contributed by atoms with van der Waals surface area (Å²) in [6.07, 6.45) is 2.77. The Hall–Kier alpha value is -3.20. The lowest BCUT2D eigenvalue weighted by Crippen LogP contribution is -2.12. The van der Waals surface area contributed by atoms with Crippen LogP contribution in [0.15, 0.2) is 47.3 Å². The molecule has 96 valence electrons. The van der Waals surface area contributed by atoms with Gasteiger partial charge in [0.05, 0.1) is 0 Å². The molecule has 1 aromatic carbocycles. The van der Waals surface area contributed by atoms with Crippen LogP contribution in [0.5, 0.6) is 0 Å². The molecule has 0 bridgehead atoms. The van der Waals surface area contributed by atoms with Crippen LogP contribution in [-0.2, 0) is 0 Å². The van der Waals surface area contributed by atoms with E-state index < -0.39 is 0 Å². The van der Waals surface area contributed by atoms with Gasteiger partial charge >= 0.3 is 0 Å². The predicted molar refractivity (Wildman–Crippen MR) is 70.9 cm³/mol. The van der Waals surface area contributed by atoms with E-state index in [1.54, 1.807) is 24.3 Å². The van der Waals surface area contributed by atoms with Gasteiger partial charge in [-0.05, 0) is 30.3 Å². The average molecular weight is 264 g/mol. The number of benzene rings is 1. The van der Waals surface area contributed by atoms with Crippen molar-refractivity contribution in [2.45, 2.75) is 0 Å². The van der Waals surface area contributed by atoms with Crippen LogP contribution >= 0.6 is 0 Å². The van der Waals surface area contributed by atoms with Crippen molar-refractivity contribution in [2.75, 3.05) is 5.32 Å². The van der Waals surface area contributed by atoms with Crippen molar-refractivity contribution in [2.24, 2.45) is 0 Å². The zero-order valence-electron chi connectivity index (χ0n) is 10.2. The largest absolute Gasteiger partial charge is 0.443 e. The van der Waals surface area contributed by atoms with Gasteiger partial charge in [0.25, 0.3) is 5.91 Å². The van der Waals surface area contributed by atoms with Crippen LogP contribution in [0.1, 0.15) is 16.1 Å². The lowest BCUT2D eigenvalue weighted by Gasteiger charge is -2.04. The molecule has 0 atom stereocenters. The molecular formula is C14H8N4O2. The molecule has 3 rings (SSSR count). The molecule has 0 aliphatic carbocycles. The second-order valence-electron chi connectivity index (χ2n) is 4.03. The SMILES string of the molecule is N#Cc1cc(C(=O)Nc2ccc3ocnc3c2)ccn1. The van der Waals surface area contributed by atoms with Crippen LogP contribution in [0.3, 0.4) is 0 Å². The molecule has 6 nitrogen and oxygen atoms in total. The third-order valence-electron chi connectivity index (χ3n) is 2.72. The summed E-state index contributed by atoms with van der Waals surface area (Å²) in [7, 11) is 0. The summed E-state index contributed by atoms with van der Waals surface area (Å²) >= 11 is 0. The molecule has 3 aromatic rings. The van der Waals surface area contributed by atoms with Crippen molar-refractivity contribution in [1.29, 1.82) is 5.26 Å². The molecule has 2 aromatic heterocycles. The van der Waals surface area contributed by atoms with E-state index in [0.717, 1.165) is 0 Å². The number of aromatic nitrogens is 2. The summed E-state index contributed by atoms with van der Waals surface area (Å²) < 4.78 is 5.12. The Balaban J connectivity index is 1.86. The number of fused-ring (bicyclic) bond motifs is 1. The maximum absolute atomic E-state index is 12.1. The molecule has 0 radical (unpaired) electrons. The number of nitrogens with one attached hydrogen (secondary N) is 1. The molecule has 2 heterocycles. The average Bonchev–Trinajstić information content (AvgIpc) is 2.95. The van der Waals surface area contributed by atoms with Crippen molar-refractivity contribution in [3.63, 3.8) is 0 Å². The standard InChI is InChI=1S/C14H8N4O2/c15-7-11-5-9(3-4-16-11)14(19)18-10-1-2-13-12(6-10)17-8-20-13/h1-6,8H,(H,18,19). The van der Waals surface area contributed by atoms with Gasteiger partial charge in [-0.15, -0.1) is 0 Å². The van der Waals surface area contributed by atoms with E-state index in [1.165, 1.54) is 18.7 Å². The zero-order valence-corrected chi connectivity index (χ0v) is 10.2. The molecule has 0 saturated heterocycles. The van der Waals surface area contributed by atoms with E-state index in [2.05, 4.69) is 15.3 Å². The number of oxazole rings is 1. The highest BCUT2D eigenvalue weighted by Gasteiger charge is 2.08. The van der Waals surface area contributed by atoms with Gasteiger partial charge in [-0.3, -0.25) is 4.79 Å². The number of nitriles is 1. The molecule has 0 saturated carbocycles. The Morgan fingerprint density at radius 3 is 3.00 bits per heavy atom. The highest BCUT2D eigenvalue weighted by molar-refractivity contribution is 6.04. The molecule has 6 heteroatoms. The Kier molecular flexibility index (Phi) is 2.86. The molecule has 0 unspecified atom stereocenters. The third-order valence-corrected chi connectivity index (χ3v) is 2.72. The maximum Gasteiger partial charge on any atom is 0.255 e. The first-order chi connectivity index (χ1) is 9.76. The Labute approximate surface area is 113 Å².